The Morgan fingerprint density at radius 2 is 2.23 bits per heavy atom. The molecule has 0 aliphatic carbocycles. The molecule has 0 atom stereocenters. The molecule has 65 valence electrons. The number of nitrogens with two attached hydrogens (primary N) is 1. The molecule has 4 nitrogen and oxygen atoms in total. The first-order chi connectivity index (χ1) is 6.25. The van der Waals surface area contributed by atoms with Crippen LogP contribution in [0.3, 0.4) is 0 Å². The van der Waals surface area contributed by atoms with Crippen LogP contribution < -0.4 is 5.73 Å². The van der Waals surface area contributed by atoms with Gasteiger partial charge in [0, 0.05) is 0 Å². The fourth-order valence-corrected chi connectivity index (χ4v) is 1.18. The lowest BCUT2D eigenvalue weighted by Gasteiger charge is -1.86. The van der Waals surface area contributed by atoms with Gasteiger partial charge in [-0.3, -0.25) is 4.79 Å². The molecule has 0 spiro atoms. The maximum atomic E-state index is 10.6. The van der Waals surface area contributed by atoms with Gasteiger partial charge < -0.3 is 10.7 Å². The van der Waals surface area contributed by atoms with Crippen molar-refractivity contribution in [3.63, 3.8) is 0 Å². The molecule has 0 saturated carbocycles. The van der Waals surface area contributed by atoms with Crippen molar-refractivity contribution in [2.45, 2.75) is 0 Å². The second-order valence-corrected chi connectivity index (χ2v) is 2.69. The minimum atomic E-state index is -0.501. The zero-order chi connectivity index (χ0) is 9.26. The van der Waals surface area contributed by atoms with E-state index >= 15 is 0 Å². The number of rotatable bonds is 2. The molecule has 13 heavy (non-hydrogen) atoms. The molecule has 4 heteroatoms. The largest absolute Gasteiger partial charge is 0.369 e. The van der Waals surface area contributed by atoms with Gasteiger partial charge in [0.25, 0.3) is 0 Å². The predicted molar refractivity (Wildman–Crippen MR) is 48.7 cm³/mol. The fourth-order valence-electron chi connectivity index (χ4n) is 1.18. The summed E-state index contributed by atoms with van der Waals surface area (Å²) in [5.41, 5.74) is 6.72. The number of nitrogens with one attached hydrogen (secondary N) is 1. The molecule has 1 aromatic heterocycles. The summed E-state index contributed by atoms with van der Waals surface area (Å²) in [7, 11) is 0. The number of para-hydroxylation sites is 2. The highest BCUT2D eigenvalue weighted by Gasteiger charge is 2.04. The molecule has 1 aromatic carbocycles. The molecule has 0 bridgehead atoms. The Labute approximate surface area is 74.8 Å². The van der Waals surface area contributed by atoms with Gasteiger partial charge in [0.2, 0.25) is 5.91 Å². The number of nitrogens with zero attached hydrogens (tertiary/aromatic N) is 1. The lowest BCUT2D eigenvalue weighted by Crippen LogP contribution is -2.12. The summed E-state index contributed by atoms with van der Waals surface area (Å²) >= 11 is 0. The third-order valence-corrected chi connectivity index (χ3v) is 1.69. The van der Waals surface area contributed by atoms with Gasteiger partial charge in [-0.15, -0.1) is 0 Å². The molecule has 1 amide bonds. The average molecular weight is 174 g/mol. The van der Waals surface area contributed by atoms with Crippen molar-refractivity contribution in [2.75, 3.05) is 0 Å². The number of primary amides is 1. The number of carbonyl (C=O) groups excluding carboxylic acids is 1. The van der Waals surface area contributed by atoms with Crippen LogP contribution in [0.5, 0.6) is 0 Å². The first-order valence-corrected chi connectivity index (χ1v) is 3.84. The van der Waals surface area contributed by atoms with E-state index in [1.807, 2.05) is 24.3 Å². The predicted octanol–water partition coefficient (Wildman–Crippen LogP) is 0.601. The summed E-state index contributed by atoms with van der Waals surface area (Å²) < 4.78 is 0. The highest BCUT2D eigenvalue weighted by Crippen LogP contribution is 2.10. The normalized spacial score (nSPS) is 10.5. The Morgan fingerprint density at radius 1 is 1.46 bits per heavy atom. The summed E-state index contributed by atoms with van der Waals surface area (Å²) in [4.78, 5) is 17.7. The van der Waals surface area contributed by atoms with Gasteiger partial charge >= 0.3 is 0 Å². The van der Waals surface area contributed by atoms with Gasteiger partial charge in [-0.25, -0.2) is 4.98 Å². The number of hydrogen-bond acceptors (Lipinski definition) is 2. The van der Waals surface area contributed by atoms with Crippen molar-refractivity contribution >= 4 is 16.9 Å². The van der Waals surface area contributed by atoms with Crippen LogP contribution in [0.15, 0.2) is 24.3 Å². The summed E-state index contributed by atoms with van der Waals surface area (Å²) in [5, 5.41) is 0. The van der Waals surface area contributed by atoms with E-state index < -0.39 is 5.91 Å². The van der Waals surface area contributed by atoms with Gasteiger partial charge in [-0.1, -0.05) is 12.1 Å². The number of hydrogen-bond donors (Lipinski definition) is 2. The van der Waals surface area contributed by atoms with Crippen molar-refractivity contribution in [3.05, 3.63) is 36.5 Å². The molecule has 0 saturated heterocycles. The van der Waals surface area contributed by atoms with Crippen LogP contribution in [-0.2, 0) is 4.79 Å². The van der Waals surface area contributed by atoms with Crippen molar-refractivity contribution in [1.82, 2.24) is 9.97 Å². The second kappa shape index (κ2) is 2.90. The molecular weight excluding hydrogens is 166 g/mol. The summed E-state index contributed by atoms with van der Waals surface area (Å²) in [6.45, 7) is 0. The van der Waals surface area contributed by atoms with Crippen molar-refractivity contribution in [3.8, 4) is 0 Å². The number of aromatic amines is 1. The molecule has 1 radical (unpaired) electrons. The Bertz CT molecular complexity index is 414. The van der Waals surface area contributed by atoms with Crippen LogP contribution in [0, 0.1) is 6.42 Å². The lowest BCUT2D eigenvalue weighted by atomic mass is 10.3. The number of benzene rings is 1. The Balaban J connectivity index is 2.44. The quantitative estimate of drug-likeness (QED) is 0.699. The maximum absolute atomic E-state index is 10.6. The van der Waals surface area contributed by atoms with Crippen LogP contribution in [0.25, 0.3) is 11.0 Å². The van der Waals surface area contributed by atoms with Gasteiger partial charge in [-0.05, 0) is 12.1 Å². The van der Waals surface area contributed by atoms with Gasteiger partial charge in [0.05, 0.1) is 11.0 Å². The topological polar surface area (TPSA) is 71.8 Å². The highest BCUT2D eigenvalue weighted by molar-refractivity contribution is 5.87. The van der Waals surface area contributed by atoms with E-state index in [1.165, 1.54) is 6.42 Å². The number of carbonyl (C=O) groups is 1. The van der Waals surface area contributed by atoms with Crippen molar-refractivity contribution in [2.24, 2.45) is 5.73 Å². The first-order valence-electron chi connectivity index (χ1n) is 3.84. The first kappa shape index (κ1) is 7.79. The molecule has 0 fully saturated rings. The lowest BCUT2D eigenvalue weighted by molar-refractivity contribution is -0.114. The van der Waals surface area contributed by atoms with Gasteiger partial charge in [-0.2, -0.15) is 0 Å². The number of H-pyrrole nitrogens is 1. The SMILES string of the molecule is NC(=O)[CH]c1nc2ccccc2[nH]1. The Morgan fingerprint density at radius 3 is 2.92 bits per heavy atom. The Kier molecular flexibility index (Phi) is 1.73. The van der Waals surface area contributed by atoms with E-state index in [4.69, 9.17) is 5.73 Å². The third-order valence-electron chi connectivity index (χ3n) is 1.69. The summed E-state index contributed by atoms with van der Waals surface area (Å²) in [5.74, 6) is -0.00671. The Hall–Kier alpha value is -1.84. The monoisotopic (exact) mass is 174 g/mol. The fraction of sp³-hybridized carbons (Fsp3) is 0. The molecule has 1 heterocycles. The van der Waals surface area contributed by atoms with Crippen LogP contribution in [-0.4, -0.2) is 15.9 Å². The molecule has 2 aromatic rings. The van der Waals surface area contributed by atoms with Crippen molar-refractivity contribution in [1.29, 1.82) is 0 Å². The van der Waals surface area contributed by atoms with E-state index in [9.17, 15) is 4.79 Å². The molecule has 0 aliphatic rings. The molecule has 0 unspecified atom stereocenters. The standard InChI is InChI=1S/C9H8N3O/c10-8(13)5-9-11-6-3-1-2-4-7(6)12-9/h1-5H,(H2,10,13)(H,11,12). The second-order valence-electron chi connectivity index (χ2n) is 2.69. The van der Waals surface area contributed by atoms with E-state index in [1.54, 1.807) is 0 Å². The summed E-state index contributed by atoms with van der Waals surface area (Å²) in [6.07, 6.45) is 1.26. The third kappa shape index (κ3) is 1.51. The zero-order valence-electron chi connectivity index (χ0n) is 6.82. The van der Waals surface area contributed by atoms with Gasteiger partial charge in [0.15, 0.2) is 0 Å². The van der Waals surface area contributed by atoms with Crippen molar-refractivity contribution < 1.29 is 4.79 Å². The van der Waals surface area contributed by atoms with Crippen LogP contribution in [0.2, 0.25) is 0 Å². The molecule has 0 aliphatic heterocycles. The van der Waals surface area contributed by atoms with E-state index in [2.05, 4.69) is 9.97 Å². The zero-order valence-corrected chi connectivity index (χ0v) is 6.82. The van der Waals surface area contributed by atoms with Crippen LogP contribution >= 0.6 is 0 Å². The minimum Gasteiger partial charge on any atom is -0.369 e. The van der Waals surface area contributed by atoms with E-state index in [0.717, 1.165) is 11.0 Å². The number of amides is 1. The highest BCUT2D eigenvalue weighted by atomic mass is 16.1. The minimum absolute atomic E-state index is 0.494. The number of fused-ring (bicyclic) bond motifs is 1. The molecular formula is C9H8N3O. The van der Waals surface area contributed by atoms with Crippen LogP contribution in [0.1, 0.15) is 5.82 Å². The molecule has 3 N–H and O–H groups in total. The summed E-state index contributed by atoms with van der Waals surface area (Å²) in [6, 6.07) is 7.54. The van der Waals surface area contributed by atoms with Gasteiger partial charge in [0.1, 0.15) is 12.2 Å². The average Bonchev–Trinajstić information content (AvgIpc) is 2.44. The van der Waals surface area contributed by atoms with E-state index in [0.29, 0.717) is 5.82 Å². The van der Waals surface area contributed by atoms with Crippen LogP contribution in [0.4, 0.5) is 0 Å². The number of aromatic nitrogens is 2. The smallest absolute Gasteiger partial charge is 0.229 e. The number of imidazole rings is 1. The maximum Gasteiger partial charge on any atom is 0.229 e. The molecule has 2 rings (SSSR count). The van der Waals surface area contributed by atoms with E-state index in [-0.39, 0.29) is 0 Å².